The molecule has 21 heavy (non-hydrogen) atoms. The van der Waals surface area contributed by atoms with Crippen molar-refractivity contribution >= 4 is 41.0 Å². The van der Waals surface area contributed by atoms with Gasteiger partial charge in [0.2, 0.25) is 0 Å². The fourth-order valence-electron chi connectivity index (χ4n) is 1.58. The fourth-order valence-corrected chi connectivity index (χ4v) is 2.73. The molecule has 2 rings (SSSR count). The smallest absolute Gasteiger partial charge is 0.384 e. The Hall–Kier alpha value is -1.87. The fraction of sp³-hybridized carbons (Fsp3) is 0.167. The molecule has 0 aliphatic heterocycles. The summed E-state index contributed by atoms with van der Waals surface area (Å²) in [6.07, 6.45) is -4.47. The Morgan fingerprint density at radius 1 is 1.43 bits per heavy atom. The average Bonchev–Trinajstić information content (AvgIpc) is 2.66. The number of anilines is 2. The Kier molecular flexibility index (Phi) is 4.06. The molecule has 0 saturated carbocycles. The number of halogens is 3. The quantitative estimate of drug-likeness (QED) is 0.825. The summed E-state index contributed by atoms with van der Waals surface area (Å²) in [4.78, 5) is 12.2. The maximum absolute atomic E-state index is 12.6. The van der Waals surface area contributed by atoms with Crippen LogP contribution in [-0.4, -0.2) is 10.5 Å². The molecule has 2 aromatic rings. The van der Waals surface area contributed by atoms with Gasteiger partial charge in [0.15, 0.2) is 3.95 Å². The van der Waals surface area contributed by atoms with E-state index in [0.29, 0.717) is 3.95 Å². The van der Waals surface area contributed by atoms with Gasteiger partial charge in [0.25, 0.3) is 5.91 Å². The molecule has 0 unspecified atom stereocenters. The van der Waals surface area contributed by atoms with Crippen molar-refractivity contribution in [3.63, 3.8) is 0 Å². The summed E-state index contributed by atoms with van der Waals surface area (Å²) < 4.78 is 39.7. The molecule has 0 saturated heterocycles. The third-order valence-corrected chi connectivity index (χ3v) is 4.28. The Bertz CT molecular complexity index is 749. The highest BCUT2D eigenvalue weighted by atomic mass is 32.1. The van der Waals surface area contributed by atoms with E-state index >= 15 is 0 Å². The van der Waals surface area contributed by atoms with E-state index in [1.165, 1.54) is 16.7 Å². The molecule has 112 valence electrons. The number of benzene rings is 1. The zero-order valence-corrected chi connectivity index (χ0v) is 12.3. The lowest BCUT2D eigenvalue weighted by Crippen LogP contribution is -2.14. The molecule has 0 spiro atoms. The number of aromatic nitrogens is 1. The number of thiazole rings is 1. The van der Waals surface area contributed by atoms with Crippen LogP contribution in [0.2, 0.25) is 0 Å². The van der Waals surface area contributed by atoms with Crippen LogP contribution in [0.3, 0.4) is 0 Å². The molecule has 1 heterocycles. The first kappa shape index (κ1) is 15.5. The second kappa shape index (κ2) is 5.49. The minimum atomic E-state index is -4.47. The maximum atomic E-state index is 12.6. The van der Waals surface area contributed by atoms with Crippen LogP contribution in [0, 0.1) is 3.95 Å². The molecule has 1 amide bonds. The number of carbonyl (C=O) groups is 1. The van der Waals surface area contributed by atoms with Crippen molar-refractivity contribution < 1.29 is 18.0 Å². The van der Waals surface area contributed by atoms with Gasteiger partial charge < -0.3 is 15.6 Å². The van der Waals surface area contributed by atoms with E-state index in [-0.39, 0.29) is 16.4 Å². The molecule has 1 aromatic heterocycles. The molecular formula is C12H10F3N3OS2. The van der Waals surface area contributed by atoms with Crippen molar-refractivity contribution in [3.8, 4) is 0 Å². The largest absolute Gasteiger partial charge is 0.416 e. The first-order valence-corrected chi connectivity index (χ1v) is 6.86. The lowest BCUT2D eigenvalue weighted by atomic mass is 10.2. The van der Waals surface area contributed by atoms with Gasteiger partial charge in [-0.15, -0.1) is 0 Å². The third kappa shape index (κ3) is 3.24. The van der Waals surface area contributed by atoms with Crippen LogP contribution >= 0.6 is 23.6 Å². The number of amides is 1. The highest BCUT2D eigenvalue weighted by Crippen LogP contribution is 2.31. The Morgan fingerprint density at radius 3 is 2.62 bits per heavy atom. The minimum absolute atomic E-state index is 0.0381. The zero-order chi connectivity index (χ0) is 15.8. The van der Waals surface area contributed by atoms with Crippen LogP contribution in [-0.2, 0) is 13.2 Å². The van der Waals surface area contributed by atoms with Gasteiger partial charge in [-0.1, -0.05) is 17.4 Å². The molecule has 0 radical (unpaired) electrons. The molecule has 0 aliphatic rings. The van der Waals surface area contributed by atoms with Gasteiger partial charge in [-0.2, -0.15) is 13.2 Å². The van der Waals surface area contributed by atoms with Crippen molar-refractivity contribution in [1.29, 1.82) is 0 Å². The van der Waals surface area contributed by atoms with Crippen LogP contribution in [0.15, 0.2) is 24.3 Å². The van der Waals surface area contributed by atoms with Gasteiger partial charge in [-0.25, -0.2) is 0 Å². The van der Waals surface area contributed by atoms with Crippen molar-refractivity contribution in [2.75, 3.05) is 11.1 Å². The van der Waals surface area contributed by atoms with Crippen LogP contribution in [0.4, 0.5) is 24.7 Å². The van der Waals surface area contributed by atoms with Gasteiger partial charge in [0.1, 0.15) is 10.7 Å². The van der Waals surface area contributed by atoms with Crippen molar-refractivity contribution in [2.45, 2.75) is 6.18 Å². The molecule has 9 heteroatoms. The lowest BCUT2D eigenvalue weighted by molar-refractivity contribution is -0.137. The first-order chi connectivity index (χ1) is 9.70. The Balaban J connectivity index is 2.28. The number of carbonyl (C=O) groups excluding carboxylic acids is 1. The first-order valence-electron chi connectivity index (χ1n) is 5.64. The number of rotatable bonds is 2. The van der Waals surface area contributed by atoms with Crippen LogP contribution in [0.1, 0.15) is 15.2 Å². The van der Waals surface area contributed by atoms with Crippen LogP contribution in [0.25, 0.3) is 0 Å². The second-order valence-corrected chi connectivity index (χ2v) is 5.82. The molecule has 0 fully saturated rings. The van der Waals surface area contributed by atoms with Gasteiger partial charge in [-0.3, -0.25) is 4.79 Å². The van der Waals surface area contributed by atoms with Crippen molar-refractivity contribution in [3.05, 3.63) is 38.7 Å². The molecule has 0 aliphatic carbocycles. The predicted molar refractivity (Wildman–Crippen MR) is 77.9 cm³/mol. The summed E-state index contributed by atoms with van der Waals surface area (Å²) in [5.74, 6) is -0.419. The van der Waals surface area contributed by atoms with E-state index in [2.05, 4.69) is 5.32 Å². The molecule has 0 bridgehead atoms. The van der Waals surface area contributed by atoms with Crippen molar-refractivity contribution in [2.24, 2.45) is 7.05 Å². The molecule has 4 nitrogen and oxygen atoms in total. The molecule has 0 atom stereocenters. The van der Waals surface area contributed by atoms with E-state index in [1.807, 2.05) is 0 Å². The number of hydrogen-bond acceptors (Lipinski definition) is 4. The molecule has 3 N–H and O–H groups in total. The molecule has 1 aromatic carbocycles. The standard InChI is InChI=1S/C12H10F3N3OS2/c1-18-9(16)8(21-11(18)20)10(19)17-7-4-2-3-6(5-7)12(13,14)15/h2-5H,16H2,1H3,(H,17,19). The predicted octanol–water partition coefficient (Wildman–Crippen LogP) is 3.67. The summed E-state index contributed by atoms with van der Waals surface area (Å²) in [5.41, 5.74) is 4.92. The van der Waals surface area contributed by atoms with Gasteiger partial charge in [0.05, 0.1) is 5.56 Å². The number of nitrogen functional groups attached to an aromatic ring is 1. The summed E-state index contributed by atoms with van der Waals surface area (Å²) in [6, 6.07) is 4.37. The van der Waals surface area contributed by atoms with E-state index < -0.39 is 17.6 Å². The summed E-state index contributed by atoms with van der Waals surface area (Å²) in [6.45, 7) is 0. The lowest BCUT2D eigenvalue weighted by Gasteiger charge is -2.09. The van der Waals surface area contributed by atoms with Crippen molar-refractivity contribution in [1.82, 2.24) is 4.57 Å². The SMILES string of the molecule is Cn1c(N)c(C(=O)Nc2cccc(C(F)(F)F)c2)sc1=S. The zero-order valence-electron chi connectivity index (χ0n) is 10.7. The highest BCUT2D eigenvalue weighted by Gasteiger charge is 2.30. The minimum Gasteiger partial charge on any atom is -0.384 e. The van der Waals surface area contributed by atoms with Crippen LogP contribution < -0.4 is 11.1 Å². The highest BCUT2D eigenvalue weighted by molar-refractivity contribution is 7.73. The second-order valence-electron chi connectivity index (χ2n) is 4.17. The van der Waals surface area contributed by atoms with E-state index in [1.54, 1.807) is 7.05 Å². The monoisotopic (exact) mass is 333 g/mol. The molecular weight excluding hydrogens is 323 g/mol. The number of hydrogen-bond donors (Lipinski definition) is 2. The summed E-state index contributed by atoms with van der Waals surface area (Å²) in [5, 5.41) is 2.38. The maximum Gasteiger partial charge on any atom is 0.416 e. The van der Waals surface area contributed by atoms with Gasteiger partial charge >= 0.3 is 6.18 Å². The van der Waals surface area contributed by atoms with E-state index in [9.17, 15) is 18.0 Å². The summed E-state index contributed by atoms with van der Waals surface area (Å²) in [7, 11) is 1.61. The Morgan fingerprint density at radius 2 is 2.10 bits per heavy atom. The number of nitrogens with two attached hydrogens (primary N) is 1. The van der Waals surface area contributed by atoms with E-state index in [4.69, 9.17) is 18.0 Å². The normalized spacial score (nSPS) is 11.4. The van der Waals surface area contributed by atoms with Crippen LogP contribution in [0.5, 0.6) is 0 Å². The Labute approximate surface area is 127 Å². The number of nitrogens with one attached hydrogen (secondary N) is 1. The van der Waals surface area contributed by atoms with Gasteiger partial charge in [0, 0.05) is 12.7 Å². The van der Waals surface area contributed by atoms with Gasteiger partial charge in [-0.05, 0) is 30.4 Å². The topological polar surface area (TPSA) is 60.0 Å². The number of alkyl halides is 3. The average molecular weight is 333 g/mol. The third-order valence-electron chi connectivity index (χ3n) is 2.71. The van der Waals surface area contributed by atoms with E-state index in [0.717, 1.165) is 23.5 Å². The summed E-state index contributed by atoms with van der Waals surface area (Å²) >= 11 is 5.98. The number of nitrogens with zero attached hydrogens (tertiary/aromatic N) is 1.